The molecule has 0 spiro atoms. The van der Waals surface area contributed by atoms with Gasteiger partial charge in [-0.05, 0) is 68.3 Å². The van der Waals surface area contributed by atoms with Crippen LogP contribution in [0, 0.1) is 0 Å². The highest BCUT2D eigenvalue weighted by Gasteiger charge is 2.22. The van der Waals surface area contributed by atoms with Crippen LogP contribution in [0.2, 0.25) is 0 Å². The maximum atomic E-state index is 11.9. The van der Waals surface area contributed by atoms with Crippen LogP contribution in [0.4, 0.5) is 33.2 Å². The minimum absolute atomic E-state index is 0.319. The van der Waals surface area contributed by atoms with Gasteiger partial charge in [0.15, 0.2) is 0 Å². The number of nitrogens with one attached hydrogen (secondary N) is 1. The van der Waals surface area contributed by atoms with Crippen LogP contribution in [0.3, 0.4) is 0 Å². The molecule has 1 aromatic heterocycles. The second kappa shape index (κ2) is 11.8. The Hall–Kier alpha value is -3.97. The van der Waals surface area contributed by atoms with Crippen molar-refractivity contribution in [3.63, 3.8) is 0 Å². The Labute approximate surface area is 222 Å². The maximum absolute atomic E-state index is 11.9. The third-order valence-electron chi connectivity index (χ3n) is 6.13. The topological polar surface area (TPSA) is 57.7 Å². The van der Waals surface area contributed by atoms with Crippen molar-refractivity contribution in [2.24, 2.45) is 0 Å². The smallest absolute Gasteiger partial charge is 0.411 e. The van der Waals surface area contributed by atoms with Gasteiger partial charge in [0.05, 0.1) is 29.9 Å². The number of pyridine rings is 1. The molecule has 2 heterocycles. The first-order valence-electron chi connectivity index (χ1n) is 12.6. The molecule has 1 saturated heterocycles. The summed E-state index contributed by atoms with van der Waals surface area (Å²) in [5, 5.41) is 2.74. The predicted octanol–water partition coefficient (Wildman–Crippen LogP) is 7.87. The van der Waals surface area contributed by atoms with Gasteiger partial charge in [-0.2, -0.15) is 0 Å². The summed E-state index contributed by atoms with van der Waals surface area (Å²) in [6.45, 7) is 4.21. The summed E-state index contributed by atoms with van der Waals surface area (Å²) < 4.78 is 5.00. The van der Waals surface area contributed by atoms with E-state index in [1.54, 1.807) is 31.1 Å². The monoisotopic (exact) mass is 510 g/mol. The van der Waals surface area contributed by atoms with E-state index in [2.05, 4.69) is 86.8 Å². The average molecular weight is 511 g/mol. The lowest BCUT2D eigenvalue weighted by molar-refractivity contribution is 0.168. The highest BCUT2D eigenvalue weighted by atomic mass is 32.2. The first kappa shape index (κ1) is 24.7. The van der Waals surface area contributed by atoms with E-state index in [1.165, 1.54) is 18.5 Å². The molecule has 0 unspecified atom stereocenters. The molecule has 1 fully saturated rings. The maximum Gasteiger partial charge on any atom is 0.411 e. The molecule has 37 heavy (non-hydrogen) atoms. The van der Waals surface area contributed by atoms with E-state index in [0.29, 0.717) is 12.3 Å². The van der Waals surface area contributed by atoms with Gasteiger partial charge in [-0.3, -0.25) is 10.3 Å². The van der Waals surface area contributed by atoms with Gasteiger partial charge in [-0.15, -0.1) is 0 Å². The number of hydrogen-bond acceptors (Lipinski definition) is 6. The Bertz CT molecular complexity index is 1290. The van der Waals surface area contributed by atoms with Crippen LogP contribution >= 0.6 is 11.8 Å². The van der Waals surface area contributed by atoms with Gasteiger partial charge in [0, 0.05) is 40.5 Å². The van der Waals surface area contributed by atoms with Crippen molar-refractivity contribution in [1.82, 2.24) is 4.98 Å². The number of benzene rings is 3. The van der Waals surface area contributed by atoms with E-state index in [9.17, 15) is 4.79 Å². The van der Waals surface area contributed by atoms with Gasteiger partial charge < -0.3 is 14.5 Å². The molecule has 0 atom stereocenters. The van der Waals surface area contributed by atoms with Gasteiger partial charge in [0.2, 0.25) is 0 Å². The zero-order valence-electron chi connectivity index (χ0n) is 20.8. The number of nitrogens with zero attached hydrogens (tertiary/aromatic N) is 3. The number of carbonyl (C=O) groups excluding carboxylic acids is 1. The standard InChI is InChI=1S/C30H30N4O2S/c1-2-36-30(35)32-23-19-27(22-31-21-23)37-26-15-16-28(33-17-9-10-18-33)29(20-26)34(24-11-5-3-6-12-24)25-13-7-4-8-14-25/h3-8,11-16,19-22H,2,9-10,17-18H2,1H3,(H,32,35). The highest BCUT2D eigenvalue weighted by molar-refractivity contribution is 7.99. The predicted molar refractivity (Wildman–Crippen MR) is 152 cm³/mol. The van der Waals surface area contributed by atoms with Crippen molar-refractivity contribution < 1.29 is 9.53 Å². The average Bonchev–Trinajstić information content (AvgIpc) is 3.46. The van der Waals surface area contributed by atoms with Crippen molar-refractivity contribution in [3.05, 3.63) is 97.3 Å². The number of hydrogen-bond donors (Lipinski definition) is 1. The number of aromatic nitrogens is 1. The lowest BCUT2D eigenvalue weighted by Crippen LogP contribution is -2.21. The van der Waals surface area contributed by atoms with Crippen molar-refractivity contribution in [2.75, 3.05) is 34.8 Å². The molecule has 1 aliphatic rings. The lowest BCUT2D eigenvalue weighted by Gasteiger charge is -2.31. The molecule has 1 amide bonds. The van der Waals surface area contributed by atoms with Crippen LogP contribution in [0.15, 0.2) is 107 Å². The zero-order chi connectivity index (χ0) is 25.5. The van der Waals surface area contributed by atoms with E-state index in [0.717, 1.165) is 39.9 Å². The van der Waals surface area contributed by atoms with Crippen molar-refractivity contribution in [3.8, 4) is 0 Å². The molecular formula is C30H30N4O2S. The van der Waals surface area contributed by atoms with Crippen LogP contribution in [0.1, 0.15) is 19.8 Å². The number of rotatable bonds is 8. The van der Waals surface area contributed by atoms with E-state index < -0.39 is 6.09 Å². The summed E-state index contributed by atoms with van der Waals surface area (Å²) in [5.74, 6) is 0. The van der Waals surface area contributed by atoms with Gasteiger partial charge in [-0.25, -0.2) is 4.79 Å². The molecule has 188 valence electrons. The van der Waals surface area contributed by atoms with Gasteiger partial charge in [0.25, 0.3) is 0 Å². The molecule has 6 nitrogen and oxygen atoms in total. The van der Waals surface area contributed by atoms with Crippen LogP contribution in [0.25, 0.3) is 0 Å². The molecule has 0 aliphatic carbocycles. The van der Waals surface area contributed by atoms with Crippen LogP contribution in [-0.4, -0.2) is 30.8 Å². The molecular weight excluding hydrogens is 480 g/mol. The Kier molecular flexibility index (Phi) is 7.91. The second-order valence-electron chi connectivity index (χ2n) is 8.71. The van der Waals surface area contributed by atoms with Gasteiger partial charge in [-0.1, -0.05) is 48.2 Å². The Morgan fingerprint density at radius 2 is 1.59 bits per heavy atom. The van der Waals surface area contributed by atoms with Gasteiger partial charge in [0.1, 0.15) is 0 Å². The van der Waals surface area contributed by atoms with Crippen LogP contribution < -0.4 is 15.1 Å². The normalized spacial score (nSPS) is 12.8. The summed E-state index contributed by atoms with van der Waals surface area (Å²) in [6.07, 6.45) is 5.36. The molecule has 0 saturated carbocycles. The van der Waals surface area contributed by atoms with E-state index >= 15 is 0 Å². The molecule has 0 bridgehead atoms. The van der Waals surface area contributed by atoms with E-state index in [-0.39, 0.29) is 0 Å². The van der Waals surface area contributed by atoms with E-state index in [4.69, 9.17) is 4.74 Å². The van der Waals surface area contributed by atoms with E-state index in [1.807, 2.05) is 18.2 Å². The third kappa shape index (κ3) is 6.06. The van der Waals surface area contributed by atoms with Crippen LogP contribution in [0.5, 0.6) is 0 Å². The highest BCUT2D eigenvalue weighted by Crippen LogP contribution is 2.44. The summed E-state index contributed by atoms with van der Waals surface area (Å²) in [7, 11) is 0. The number of anilines is 5. The molecule has 0 radical (unpaired) electrons. The number of carbonyl (C=O) groups is 1. The first-order chi connectivity index (χ1) is 18.2. The fraction of sp³-hybridized carbons (Fsp3) is 0.200. The van der Waals surface area contributed by atoms with Gasteiger partial charge >= 0.3 is 6.09 Å². The van der Waals surface area contributed by atoms with Crippen molar-refractivity contribution in [2.45, 2.75) is 29.6 Å². The minimum atomic E-state index is -0.481. The lowest BCUT2D eigenvalue weighted by atomic mass is 10.1. The van der Waals surface area contributed by atoms with Crippen LogP contribution in [-0.2, 0) is 4.74 Å². The van der Waals surface area contributed by atoms with Crippen molar-refractivity contribution >= 4 is 46.3 Å². The molecule has 5 rings (SSSR count). The zero-order valence-corrected chi connectivity index (χ0v) is 21.7. The summed E-state index contributed by atoms with van der Waals surface area (Å²) in [4.78, 5) is 23.0. The number of para-hydroxylation sites is 2. The number of ether oxygens (including phenoxy) is 1. The summed E-state index contributed by atoms with van der Waals surface area (Å²) in [6, 6.07) is 29.6. The number of amides is 1. The molecule has 4 aromatic rings. The Morgan fingerprint density at radius 1 is 0.919 bits per heavy atom. The fourth-order valence-corrected chi connectivity index (χ4v) is 5.40. The largest absolute Gasteiger partial charge is 0.450 e. The Balaban J connectivity index is 1.53. The Morgan fingerprint density at radius 3 is 2.24 bits per heavy atom. The molecule has 1 aliphatic heterocycles. The van der Waals surface area contributed by atoms with Crippen molar-refractivity contribution in [1.29, 1.82) is 0 Å². The SMILES string of the molecule is CCOC(=O)Nc1cncc(Sc2ccc(N3CCCC3)c(N(c3ccccc3)c3ccccc3)c2)c1. The fourth-order valence-electron chi connectivity index (χ4n) is 4.52. The molecule has 1 N–H and O–H groups in total. The minimum Gasteiger partial charge on any atom is -0.450 e. The quantitative estimate of drug-likeness (QED) is 0.260. The summed E-state index contributed by atoms with van der Waals surface area (Å²) >= 11 is 1.62. The first-order valence-corrected chi connectivity index (χ1v) is 13.4. The molecule has 7 heteroatoms. The molecule has 3 aromatic carbocycles. The summed E-state index contributed by atoms with van der Waals surface area (Å²) in [5.41, 5.74) is 5.19. The second-order valence-corrected chi connectivity index (χ2v) is 9.85. The third-order valence-corrected chi connectivity index (χ3v) is 7.08.